The number of aromatic nitrogens is 2. The van der Waals surface area contributed by atoms with Crippen LogP contribution in [-0.2, 0) is 13.0 Å². The molecule has 3 aromatic rings. The summed E-state index contributed by atoms with van der Waals surface area (Å²) in [4.78, 5) is 5.20. The zero-order chi connectivity index (χ0) is 19.6. The van der Waals surface area contributed by atoms with Crippen molar-refractivity contribution in [3.8, 4) is 5.75 Å². The fraction of sp³-hybridized carbons (Fsp3) is 0.333. The topological polar surface area (TPSA) is 39.1 Å². The van der Waals surface area contributed by atoms with Gasteiger partial charge in [0.15, 0.2) is 0 Å². The van der Waals surface area contributed by atoms with Crippen molar-refractivity contribution in [3.63, 3.8) is 0 Å². The summed E-state index contributed by atoms with van der Waals surface area (Å²) in [5.41, 5.74) is 3.59. The highest BCUT2D eigenvalue weighted by atomic mass is 32.1. The van der Waals surface area contributed by atoms with Crippen molar-refractivity contribution in [2.75, 3.05) is 5.32 Å². The predicted octanol–water partition coefficient (Wildman–Crippen LogP) is 5.27. The first-order valence-electron chi connectivity index (χ1n) is 9.09. The lowest BCUT2D eigenvalue weighted by atomic mass is 10.1. The maximum atomic E-state index is 13.7. The second-order valence-electron chi connectivity index (χ2n) is 6.72. The highest BCUT2D eigenvalue weighted by molar-refractivity contribution is 7.80. The SMILES string of the molecule is CCn1c(C)nc2cccc(NC(=S)Cc3cc(F)ccc3OC(C)C)c21. The van der Waals surface area contributed by atoms with Gasteiger partial charge in [-0.15, -0.1) is 0 Å². The van der Waals surface area contributed by atoms with Gasteiger partial charge in [0.2, 0.25) is 0 Å². The van der Waals surface area contributed by atoms with Crippen LogP contribution in [0.25, 0.3) is 11.0 Å². The molecule has 6 heteroatoms. The number of imidazole rings is 1. The molecule has 0 aliphatic rings. The monoisotopic (exact) mass is 385 g/mol. The molecule has 0 saturated carbocycles. The van der Waals surface area contributed by atoms with Gasteiger partial charge in [0.05, 0.1) is 27.8 Å². The standard InChI is InChI=1S/C21H24FN3OS/c1-5-25-14(4)23-17-7-6-8-18(21(17)25)24-20(27)12-15-11-16(22)9-10-19(15)26-13(2)3/h6-11,13H,5,12H2,1-4H3,(H,24,27). The van der Waals surface area contributed by atoms with Gasteiger partial charge in [-0.2, -0.15) is 0 Å². The first-order valence-corrected chi connectivity index (χ1v) is 9.50. The summed E-state index contributed by atoms with van der Waals surface area (Å²) in [5, 5.41) is 3.31. The minimum Gasteiger partial charge on any atom is -0.491 e. The van der Waals surface area contributed by atoms with Crippen LogP contribution in [0.15, 0.2) is 36.4 Å². The number of thiocarbonyl (C=S) groups is 1. The number of ether oxygens (including phenoxy) is 1. The molecule has 0 radical (unpaired) electrons. The lowest BCUT2D eigenvalue weighted by molar-refractivity contribution is 0.240. The third-order valence-electron chi connectivity index (χ3n) is 4.28. The van der Waals surface area contributed by atoms with E-state index in [9.17, 15) is 4.39 Å². The Morgan fingerprint density at radius 1 is 1.30 bits per heavy atom. The van der Waals surface area contributed by atoms with Gasteiger partial charge in [0.1, 0.15) is 17.4 Å². The first kappa shape index (κ1) is 19.3. The van der Waals surface area contributed by atoms with E-state index in [0.29, 0.717) is 17.2 Å². The van der Waals surface area contributed by atoms with Crippen LogP contribution >= 0.6 is 12.2 Å². The molecule has 0 amide bonds. The second-order valence-corrected chi connectivity index (χ2v) is 7.21. The van der Waals surface area contributed by atoms with Crippen molar-refractivity contribution in [2.45, 2.75) is 46.8 Å². The number of nitrogens with zero attached hydrogens (tertiary/aromatic N) is 2. The molecule has 0 bridgehead atoms. The zero-order valence-corrected chi connectivity index (χ0v) is 16.9. The third-order valence-corrected chi connectivity index (χ3v) is 4.53. The fourth-order valence-corrected chi connectivity index (χ4v) is 3.48. The van der Waals surface area contributed by atoms with Crippen LogP contribution in [0.3, 0.4) is 0 Å². The molecule has 0 spiro atoms. The van der Waals surface area contributed by atoms with E-state index in [-0.39, 0.29) is 11.9 Å². The van der Waals surface area contributed by atoms with Crippen molar-refractivity contribution in [3.05, 3.63) is 53.6 Å². The molecule has 0 saturated heterocycles. The second kappa shape index (κ2) is 8.05. The van der Waals surface area contributed by atoms with Gasteiger partial charge in [0.25, 0.3) is 0 Å². The Kier molecular flexibility index (Phi) is 5.75. The molecule has 1 heterocycles. The summed E-state index contributed by atoms with van der Waals surface area (Å²) >= 11 is 5.57. The summed E-state index contributed by atoms with van der Waals surface area (Å²) in [7, 11) is 0. The highest BCUT2D eigenvalue weighted by Gasteiger charge is 2.14. The van der Waals surface area contributed by atoms with Crippen LogP contribution in [0.2, 0.25) is 0 Å². The molecule has 2 aromatic carbocycles. The average Bonchev–Trinajstić information content (AvgIpc) is 2.93. The summed E-state index contributed by atoms with van der Waals surface area (Å²) in [6, 6.07) is 10.5. The molecule has 1 aromatic heterocycles. The molecule has 0 atom stereocenters. The van der Waals surface area contributed by atoms with E-state index < -0.39 is 0 Å². The molecular weight excluding hydrogens is 361 g/mol. The quantitative estimate of drug-likeness (QED) is 0.587. The number of halogens is 1. The van der Waals surface area contributed by atoms with Gasteiger partial charge in [-0.25, -0.2) is 9.37 Å². The van der Waals surface area contributed by atoms with Crippen LogP contribution in [-0.4, -0.2) is 20.6 Å². The molecule has 0 aliphatic heterocycles. The van der Waals surface area contributed by atoms with E-state index in [1.54, 1.807) is 6.07 Å². The van der Waals surface area contributed by atoms with Gasteiger partial charge >= 0.3 is 0 Å². The smallest absolute Gasteiger partial charge is 0.123 e. The molecule has 3 rings (SSSR count). The Labute approximate surface area is 164 Å². The Morgan fingerprint density at radius 3 is 2.78 bits per heavy atom. The Morgan fingerprint density at radius 2 is 2.07 bits per heavy atom. The number of nitrogens with one attached hydrogen (secondary N) is 1. The zero-order valence-electron chi connectivity index (χ0n) is 16.0. The summed E-state index contributed by atoms with van der Waals surface area (Å²) in [5.74, 6) is 1.32. The number of anilines is 1. The van der Waals surface area contributed by atoms with E-state index in [2.05, 4.69) is 21.8 Å². The maximum absolute atomic E-state index is 13.7. The van der Waals surface area contributed by atoms with E-state index in [4.69, 9.17) is 17.0 Å². The molecule has 0 fully saturated rings. The Bertz CT molecular complexity index is 981. The van der Waals surface area contributed by atoms with E-state index in [1.165, 1.54) is 12.1 Å². The number of hydrogen-bond acceptors (Lipinski definition) is 3. The van der Waals surface area contributed by atoms with Crippen molar-refractivity contribution in [1.82, 2.24) is 9.55 Å². The van der Waals surface area contributed by atoms with E-state index >= 15 is 0 Å². The van der Waals surface area contributed by atoms with Gasteiger partial charge in [-0.1, -0.05) is 18.3 Å². The minimum absolute atomic E-state index is 0.00590. The van der Waals surface area contributed by atoms with Gasteiger partial charge in [-0.05, 0) is 58.0 Å². The van der Waals surface area contributed by atoms with Gasteiger partial charge < -0.3 is 14.6 Å². The van der Waals surface area contributed by atoms with E-state index in [0.717, 1.165) is 34.7 Å². The molecular formula is C21H24FN3OS. The van der Waals surface area contributed by atoms with E-state index in [1.807, 2.05) is 39.0 Å². The largest absolute Gasteiger partial charge is 0.491 e. The van der Waals surface area contributed by atoms with Crippen LogP contribution in [0.1, 0.15) is 32.2 Å². The summed E-state index contributed by atoms with van der Waals surface area (Å²) in [6.07, 6.45) is 0.400. The average molecular weight is 386 g/mol. The minimum atomic E-state index is -0.300. The number of fused-ring (bicyclic) bond motifs is 1. The Balaban J connectivity index is 1.87. The van der Waals surface area contributed by atoms with Gasteiger partial charge in [-0.3, -0.25) is 0 Å². The maximum Gasteiger partial charge on any atom is 0.123 e. The lowest BCUT2D eigenvalue weighted by Gasteiger charge is -2.16. The van der Waals surface area contributed by atoms with Crippen molar-refractivity contribution in [2.24, 2.45) is 0 Å². The van der Waals surface area contributed by atoms with Crippen LogP contribution in [0.5, 0.6) is 5.75 Å². The third kappa shape index (κ3) is 4.27. The molecule has 4 nitrogen and oxygen atoms in total. The molecule has 27 heavy (non-hydrogen) atoms. The molecule has 1 N–H and O–H groups in total. The Hall–Kier alpha value is -2.47. The van der Waals surface area contributed by atoms with Crippen LogP contribution in [0.4, 0.5) is 10.1 Å². The van der Waals surface area contributed by atoms with Crippen LogP contribution < -0.4 is 10.1 Å². The number of hydrogen-bond donors (Lipinski definition) is 1. The molecule has 0 aliphatic carbocycles. The normalized spacial score (nSPS) is 11.2. The lowest BCUT2D eigenvalue weighted by Crippen LogP contribution is -2.15. The molecule has 0 unspecified atom stereocenters. The number of aryl methyl sites for hydroxylation is 2. The van der Waals surface area contributed by atoms with Crippen molar-refractivity contribution >= 4 is 33.9 Å². The van der Waals surface area contributed by atoms with Crippen molar-refractivity contribution < 1.29 is 9.13 Å². The number of benzene rings is 2. The summed E-state index contributed by atoms with van der Waals surface area (Å²) in [6.45, 7) is 8.79. The number of rotatable bonds is 6. The first-order chi connectivity index (χ1) is 12.9. The highest BCUT2D eigenvalue weighted by Crippen LogP contribution is 2.26. The van der Waals surface area contributed by atoms with Crippen LogP contribution in [0, 0.1) is 12.7 Å². The van der Waals surface area contributed by atoms with Gasteiger partial charge in [0, 0.05) is 18.5 Å². The number of para-hydroxylation sites is 1. The van der Waals surface area contributed by atoms with Crippen molar-refractivity contribution in [1.29, 1.82) is 0 Å². The predicted molar refractivity (Wildman–Crippen MR) is 112 cm³/mol. The summed E-state index contributed by atoms with van der Waals surface area (Å²) < 4.78 is 21.7. The molecule has 142 valence electrons. The fourth-order valence-electron chi connectivity index (χ4n) is 3.21.